The second-order valence-corrected chi connectivity index (χ2v) is 4.53. The molecule has 2 rings (SSSR count). The topological polar surface area (TPSA) is 49.4 Å². The lowest BCUT2D eigenvalue weighted by Crippen LogP contribution is -2.22. The van der Waals surface area contributed by atoms with Crippen molar-refractivity contribution in [3.8, 4) is 11.8 Å². The van der Waals surface area contributed by atoms with Crippen LogP contribution in [0, 0.1) is 11.3 Å². The molecule has 0 atom stereocenters. The number of benzene rings is 1. The number of ether oxygens (including phenoxy) is 1. The van der Waals surface area contributed by atoms with E-state index in [0.29, 0.717) is 11.3 Å². The molecule has 0 aliphatic carbocycles. The first-order valence-corrected chi connectivity index (χ1v) is 6.58. The van der Waals surface area contributed by atoms with Gasteiger partial charge in [0.25, 0.3) is 0 Å². The van der Waals surface area contributed by atoms with E-state index in [-0.39, 0.29) is 0 Å². The molecule has 0 spiro atoms. The van der Waals surface area contributed by atoms with Crippen LogP contribution in [0.25, 0.3) is 0 Å². The van der Waals surface area contributed by atoms with Crippen molar-refractivity contribution in [2.24, 2.45) is 0 Å². The van der Waals surface area contributed by atoms with E-state index in [9.17, 15) is 0 Å². The van der Waals surface area contributed by atoms with E-state index in [2.05, 4.69) is 17.9 Å². The van der Waals surface area contributed by atoms with Crippen LogP contribution in [0.2, 0.25) is 0 Å². The third kappa shape index (κ3) is 3.40. The van der Waals surface area contributed by atoms with Gasteiger partial charge in [0, 0.05) is 6.54 Å². The SMILES string of the molecule is CCN(Cc1ccc(OC)c(C#N)c1)Cc1ccco1. The summed E-state index contributed by atoms with van der Waals surface area (Å²) >= 11 is 0. The van der Waals surface area contributed by atoms with Crippen molar-refractivity contribution < 1.29 is 9.15 Å². The van der Waals surface area contributed by atoms with Crippen molar-refractivity contribution in [3.63, 3.8) is 0 Å². The lowest BCUT2D eigenvalue weighted by atomic mass is 10.1. The fourth-order valence-corrected chi connectivity index (χ4v) is 2.10. The van der Waals surface area contributed by atoms with Gasteiger partial charge >= 0.3 is 0 Å². The summed E-state index contributed by atoms with van der Waals surface area (Å²) in [5, 5.41) is 9.11. The van der Waals surface area contributed by atoms with Crippen LogP contribution in [0.1, 0.15) is 23.8 Å². The van der Waals surface area contributed by atoms with Crippen molar-refractivity contribution in [1.82, 2.24) is 4.90 Å². The first kappa shape index (κ1) is 14.2. The van der Waals surface area contributed by atoms with Crippen LogP contribution >= 0.6 is 0 Å². The highest BCUT2D eigenvalue weighted by Gasteiger charge is 2.09. The predicted octanol–water partition coefficient (Wildman–Crippen LogP) is 3.18. The Morgan fingerprint density at radius 2 is 2.15 bits per heavy atom. The number of rotatable bonds is 6. The molecule has 2 aromatic rings. The van der Waals surface area contributed by atoms with Gasteiger partial charge in [-0.15, -0.1) is 0 Å². The molecule has 1 heterocycles. The highest BCUT2D eigenvalue weighted by molar-refractivity contribution is 5.45. The zero-order valence-electron chi connectivity index (χ0n) is 11.8. The van der Waals surface area contributed by atoms with Gasteiger partial charge in [0.15, 0.2) is 0 Å². The van der Waals surface area contributed by atoms with Gasteiger partial charge < -0.3 is 9.15 Å². The normalized spacial score (nSPS) is 10.5. The molecular weight excluding hydrogens is 252 g/mol. The minimum atomic E-state index is 0.569. The molecule has 4 heteroatoms. The maximum Gasteiger partial charge on any atom is 0.136 e. The summed E-state index contributed by atoms with van der Waals surface area (Å²) in [5.74, 6) is 1.56. The minimum Gasteiger partial charge on any atom is -0.495 e. The Bertz CT molecular complexity index is 585. The maximum atomic E-state index is 9.11. The van der Waals surface area contributed by atoms with Crippen LogP contribution in [0.3, 0.4) is 0 Å². The summed E-state index contributed by atoms with van der Waals surface area (Å²) in [6.07, 6.45) is 1.68. The maximum absolute atomic E-state index is 9.11. The Morgan fingerprint density at radius 1 is 1.30 bits per heavy atom. The number of furan rings is 1. The summed E-state index contributed by atoms with van der Waals surface area (Å²) in [6, 6.07) is 11.7. The largest absolute Gasteiger partial charge is 0.495 e. The Morgan fingerprint density at radius 3 is 2.75 bits per heavy atom. The quantitative estimate of drug-likeness (QED) is 0.809. The van der Waals surface area contributed by atoms with Gasteiger partial charge in [-0.2, -0.15) is 5.26 Å². The Hall–Kier alpha value is -2.25. The van der Waals surface area contributed by atoms with Crippen LogP contribution < -0.4 is 4.74 Å². The third-order valence-electron chi connectivity index (χ3n) is 3.20. The molecule has 0 saturated heterocycles. The zero-order valence-corrected chi connectivity index (χ0v) is 11.8. The second kappa shape index (κ2) is 6.78. The second-order valence-electron chi connectivity index (χ2n) is 4.53. The lowest BCUT2D eigenvalue weighted by Gasteiger charge is -2.19. The van der Waals surface area contributed by atoms with Crippen LogP contribution in [-0.2, 0) is 13.1 Å². The van der Waals surface area contributed by atoms with E-state index in [0.717, 1.165) is 31.0 Å². The molecule has 0 saturated carbocycles. The van der Waals surface area contributed by atoms with Crippen molar-refractivity contribution >= 4 is 0 Å². The average Bonchev–Trinajstić information content (AvgIpc) is 2.99. The van der Waals surface area contributed by atoms with Crippen LogP contribution in [-0.4, -0.2) is 18.6 Å². The molecule has 104 valence electrons. The van der Waals surface area contributed by atoms with Crippen LogP contribution in [0.15, 0.2) is 41.0 Å². The van der Waals surface area contributed by atoms with E-state index in [4.69, 9.17) is 14.4 Å². The lowest BCUT2D eigenvalue weighted by molar-refractivity contribution is 0.247. The monoisotopic (exact) mass is 270 g/mol. The summed E-state index contributed by atoms with van der Waals surface area (Å²) < 4.78 is 10.5. The summed E-state index contributed by atoms with van der Waals surface area (Å²) in [6.45, 7) is 4.56. The van der Waals surface area contributed by atoms with Gasteiger partial charge in [-0.3, -0.25) is 4.90 Å². The van der Waals surface area contributed by atoms with E-state index in [1.807, 2.05) is 30.3 Å². The van der Waals surface area contributed by atoms with Crippen molar-refractivity contribution in [3.05, 3.63) is 53.5 Å². The molecule has 1 aromatic carbocycles. The number of hydrogen-bond donors (Lipinski definition) is 0. The molecule has 0 N–H and O–H groups in total. The summed E-state index contributed by atoms with van der Waals surface area (Å²) in [5.41, 5.74) is 1.66. The fourth-order valence-electron chi connectivity index (χ4n) is 2.10. The molecule has 0 unspecified atom stereocenters. The van der Waals surface area contributed by atoms with Gasteiger partial charge in [-0.05, 0) is 36.4 Å². The van der Waals surface area contributed by atoms with Gasteiger partial charge in [-0.25, -0.2) is 0 Å². The fraction of sp³-hybridized carbons (Fsp3) is 0.312. The Kier molecular flexibility index (Phi) is 4.80. The minimum absolute atomic E-state index is 0.569. The van der Waals surface area contributed by atoms with E-state index in [1.54, 1.807) is 13.4 Å². The van der Waals surface area contributed by atoms with Gasteiger partial charge in [0.05, 0.1) is 25.5 Å². The van der Waals surface area contributed by atoms with Gasteiger partial charge in [0.1, 0.15) is 17.6 Å². The average molecular weight is 270 g/mol. The molecule has 0 fully saturated rings. The molecular formula is C16H18N2O2. The first-order valence-electron chi connectivity index (χ1n) is 6.58. The third-order valence-corrected chi connectivity index (χ3v) is 3.20. The van der Waals surface area contributed by atoms with Crippen LogP contribution in [0.4, 0.5) is 0 Å². The van der Waals surface area contributed by atoms with Gasteiger partial charge in [-0.1, -0.05) is 13.0 Å². The highest BCUT2D eigenvalue weighted by atomic mass is 16.5. The molecule has 0 aliphatic rings. The van der Waals surface area contributed by atoms with Crippen molar-refractivity contribution in [2.45, 2.75) is 20.0 Å². The summed E-state index contributed by atoms with van der Waals surface area (Å²) in [4.78, 5) is 2.25. The molecule has 1 aromatic heterocycles. The predicted molar refractivity (Wildman–Crippen MR) is 76.2 cm³/mol. The number of nitriles is 1. The number of hydrogen-bond acceptors (Lipinski definition) is 4. The van der Waals surface area contributed by atoms with Crippen molar-refractivity contribution in [1.29, 1.82) is 5.26 Å². The van der Waals surface area contributed by atoms with E-state index < -0.39 is 0 Å². The molecule has 0 radical (unpaired) electrons. The standard InChI is InChI=1S/C16H18N2O2/c1-3-18(12-15-5-4-8-20-15)11-13-6-7-16(19-2)14(9-13)10-17/h4-9H,3,11-12H2,1-2H3. The zero-order chi connectivity index (χ0) is 14.4. The van der Waals surface area contributed by atoms with Gasteiger partial charge in [0.2, 0.25) is 0 Å². The molecule has 4 nitrogen and oxygen atoms in total. The molecule has 0 bridgehead atoms. The van der Waals surface area contributed by atoms with E-state index >= 15 is 0 Å². The summed E-state index contributed by atoms with van der Waals surface area (Å²) in [7, 11) is 1.57. The first-order chi connectivity index (χ1) is 9.76. The molecule has 20 heavy (non-hydrogen) atoms. The number of methoxy groups -OCH3 is 1. The Balaban J connectivity index is 2.09. The van der Waals surface area contributed by atoms with E-state index in [1.165, 1.54) is 0 Å². The Labute approximate surface area is 119 Å². The van der Waals surface area contributed by atoms with Crippen molar-refractivity contribution in [2.75, 3.05) is 13.7 Å². The highest BCUT2D eigenvalue weighted by Crippen LogP contribution is 2.20. The van der Waals surface area contributed by atoms with Crippen LogP contribution in [0.5, 0.6) is 5.75 Å². The number of nitrogens with zero attached hydrogens (tertiary/aromatic N) is 2. The molecule has 0 amide bonds. The molecule has 0 aliphatic heterocycles. The smallest absolute Gasteiger partial charge is 0.136 e.